The Kier molecular flexibility index (Phi) is 6.76. The first-order valence-corrected chi connectivity index (χ1v) is 11.1. The predicted molar refractivity (Wildman–Crippen MR) is 125 cm³/mol. The van der Waals surface area contributed by atoms with Gasteiger partial charge >= 0.3 is 0 Å². The number of ether oxygens (including phenoxy) is 2. The molecule has 1 saturated heterocycles. The average molecular weight is 451 g/mol. The second-order valence-corrected chi connectivity index (χ2v) is 8.35. The van der Waals surface area contributed by atoms with E-state index in [0.717, 1.165) is 36.6 Å². The van der Waals surface area contributed by atoms with E-state index < -0.39 is 0 Å². The molecule has 1 aromatic carbocycles. The second-order valence-electron chi connectivity index (χ2n) is 8.35. The van der Waals surface area contributed by atoms with Gasteiger partial charge in [0.15, 0.2) is 11.5 Å². The summed E-state index contributed by atoms with van der Waals surface area (Å²) in [6.45, 7) is 5.59. The molecule has 0 radical (unpaired) electrons. The molecule has 0 bridgehead atoms. The lowest BCUT2D eigenvalue weighted by molar-refractivity contribution is -0.122. The molecule has 1 aliphatic heterocycles. The van der Waals surface area contributed by atoms with Crippen LogP contribution in [0.4, 0.5) is 5.82 Å². The predicted octanol–water partition coefficient (Wildman–Crippen LogP) is 3.08. The van der Waals surface area contributed by atoms with E-state index in [1.54, 1.807) is 31.3 Å². The van der Waals surface area contributed by atoms with Gasteiger partial charge in [0.1, 0.15) is 12.1 Å². The van der Waals surface area contributed by atoms with Crippen molar-refractivity contribution < 1.29 is 14.3 Å². The Morgan fingerprint density at radius 3 is 2.76 bits per heavy atom. The molecule has 0 spiro atoms. The molecule has 2 aromatic heterocycles. The molecular formula is C24H30N6O3. The molecule has 33 heavy (non-hydrogen) atoms. The van der Waals surface area contributed by atoms with Gasteiger partial charge in [-0.1, -0.05) is 6.07 Å². The van der Waals surface area contributed by atoms with Gasteiger partial charge in [-0.05, 0) is 43.9 Å². The normalized spacial score (nSPS) is 16.5. The van der Waals surface area contributed by atoms with E-state index in [2.05, 4.69) is 20.2 Å². The quantitative estimate of drug-likeness (QED) is 0.564. The zero-order valence-electron chi connectivity index (χ0n) is 19.5. The minimum Gasteiger partial charge on any atom is -0.493 e. The molecule has 3 heterocycles. The van der Waals surface area contributed by atoms with Gasteiger partial charge in [-0.2, -0.15) is 4.98 Å². The molecule has 2 atom stereocenters. The zero-order valence-corrected chi connectivity index (χ0v) is 19.5. The van der Waals surface area contributed by atoms with E-state index in [9.17, 15) is 4.79 Å². The summed E-state index contributed by atoms with van der Waals surface area (Å²) in [7, 11) is 3.21. The monoisotopic (exact) mass is 450 g/mol. The van der Waals surface area contributed by atoms with Crippen molar-refractivity contribution in [2.45, 2.75) is 32.7 Å². The van der Waals surface area contributed by atoms with Crippen LogP contribution in [0.3, 0.4) is 0 Å². The number of methoxy groups -OCH3 is 2. The minimum absolute atomic E-state index is 0.0436. The molecule has 1 N–H and O–H groups in total. The lowest BCUT2D eigenvalue weighted by atomic mass is 10.0. The highest BCUT2D eigenvalue weighted by molar-refractivity contribution is 5.77. The number of anilines is 1. The maximum Gasteiger partial charge on any atom is 0.237 e. The van der Waals surface area contributed by atoms with Gasteiger partial charge in [0.25, 0.3) is 0 Å². The number of amides is 1. The third kappa shape index (κ3) is 5.24. The van der Waals surface area contributed by atoms with Crippen LogP contribution >= 0.6 is 0 Å². The van der Waals surface area contributed by atoms with Gasteiger partial charge in [-0.3, -0.25) is 9.36 Å². The molecule has 0 aliphatic carbocycles. The van der Waals surface area contributed by atoms with Gasteiger partial charge in [0, 0.05) is 43.7 Å². The second kappa shape index (κ2) is 9.89. The summed E-state index contributed by atoms with van der Waals surface area (Å²) in [6.07, 6.45) is 6.65. The molecule has 3 aromatic rings. The average Bonchev–Trinajstić information content (AvgIpc) is 3.50. The van der Waals surface area contributed by atoms with Crippen LogP contribution in [0.1, 0.15) is 37.1 Å². The van der Waals surface area contributed by atoms with Gasteiger partial charge in [-0.15, -0.1) is 0 Å². The van der Waals surface area contributed by atoms with Crippen LogP contribution in [-0.2, 0) is 4.79 Å². The van der Waals surface area contributed by atoms with Gasteiger partial charge in [0.05, 0.1) is 20.3 Å². The Labute approximate surface area is 193 Å². The van der Waals surface area contributed by atoms with Crippen molar-refractivity contribution in [3.8, 4) is 17.4 Å². The van der Waals surface area contributed by atoms with Gasteiger partial charge < -0.3 is 19.7 Å². The summed E-state index contributed by atoms with van der Waals surface area (Å²) in [5, 5.41) is 3.11. The number of aryl methyl sites for hydroxylation is 1. The van der Waals surface area contributed by atoms with Crippen LogP contribution in [0.2, 0.25) is 0 Å². The largest absolute Gasteiger partial charge is 0.493 e. The Balaban J connectivity index is 1.35. The first-order chi connectivity index (χ1) is 16.0. The van der Waals surface area contributed by atoms with Crippen molar-refractivity contribution in [3.05, 3.63) is 54.2 Å². The van der Waals surface area contributed by atoms with Gasteiger partial charge in [-0.25, -0.2) is 9.97 Å². The molecule has 9 nitrogen and oxygen atoms in total. The fraction of sp³-hybridized carbons (Fsp3) is 0.417. The lowest BCUT2D eigenvalue weighted by Gasteiger charge is -2.20. The summed E-state index contributed by atoms with van der Waals surface area (Å²) in [5.74, 6) is 3.12. The summed E-state index contributed by atoms with van der Waals surface area (Å²) in [6, 6.07) is 7.56. The molecule has 0 saturated carbocycles. The number of benzene rings is 1. The molecule has 4 rings (SSSR count). The van der Waals surface area contributed by atoms with Crippen LogP contribution in [0.15, 0.2) is 43.0 Å². The van der Waals surface area contributed by atoms with Crippen molar-refractivity contribution in [3.63, 3.8) is 0 Å². The number of hydrogen-bond donors (Lipinski definition) is 1. The molecule has 1 amide bonds. The first-order valence-electron chi connectivity index (χ1n) is 11.1. The summed E-state index contributed by atoms with van der Waals surface area (Å²) in [4.78, 5) is 28.3. The Morgan fingerprint density at radius 1 is 1.21 bits per heavy atom. The fourth-order valence-corrected chi connectivity index (χ4v) is 4.17. The third-order valence-electron chi connectivity index (χ3n) is 5.93. The van der Waals surface area contributed by atoms with E-state index in [4.69, 9.17) is 14.5 Å². The highest BCUT2D eigenvalue weighted by Crippen LogP contribution is 2.30. The Morgan fingerprint density at radius 2 is 2.03 bits per heavy atom. The van der Waals surface area contributed by atoms with Crippen LogP contribution in [0.5, 0.6) is 11.5 Å². The van der Waals surface area contributed by atoms with Crippen LogP contribution in [0.25, 0.3) is 5.95 Å². The molecular weight excluding hydrogens is 420 g/mol. The number of imidazole rings is 1. The van der Waals surface area contributed by atoms with Crippen LogP contribution in [0, 0.1) is 12.8 Å². The van der Waals surface area contributed by atoms with Gasteiger partial charge in [0.2, 0.25) is 11.9 Å². The Bertz CT molecular complexity index is 1100. The zero-order chi connectivity index (χ0) is 23.4. The summed E-state index contributed by atoms with van der Waals surface area (Å²) >= 11 is 0. The minimum atomic E-state index is -0.128. The number of hydrogen-bond acceptors (Lipinski definition) is 7. The summed E-state index contributed by atoms with van der Waals surface area (Å²) in [5.41, 5.74) is 1.87. The fourth-order valence-electron chi connectivity index (χ4n) is 4.17. The van der Waals surface area contributed by atoms with Crippen molar-refractivity contribution in [1.29, 1.82) is 0 Å². The SMILES string of the molecule is COc1ccc(C(C)NC(=O)CC2CCN(c3cc(C)nc(-n4ccnc4)n3)C2)cc1OC. The topological polar surface area (TPSA) is 94.4 Å². The van der Waals surface area contributed by atoms with Crippen molar-refractivity contribution in [1.82, 2.24) is 24.8 Å². The maximum absolute atomic E-state index is 12.7. The Hall–Kier alpha value is -3.62. The van der Waals surface area contributed by atoms with Crippen LogP contribution < -0.4 is 19.7 Å². The molecule has 174 valence electrons. The number of aromatic nitrogens is 4. The van der Waals surface area contributed by atoms with E-state index in [1.165, 1.54) is 0 Å². The maximum atomic E-state index is 12.7. The number of nitrogens with zero attached hydrogens (tertiary/aromatic N) is 5. The van der Waals surface area contributed by atoms with E-state index in [1.807, 2.05) is 44.3 Å². The molecule has 2 unspecified atom stereocenters. The number of rotatable bonds is 8. The number of carbonyl (C=O) groups excluding carboxylic acids is 1. The first kappa shape index (κ1) is 22.6. The van der Waals surface area contributed by atoms with Crippen molar-refractivity contribution in [2.75, 3.05) is 32.2 Å². The highest BCUT2D eigenvalue weighted by atomic mass is 16.5. The highest BCUT2D eigenvalue weighted by Gasteiger charge is 2.27. The lowest BCUT2D eigenvalue weighted by Crippen LogP contribution is -2.29. The van der Waals surface area contributed by atoms with Crippen molar-refractivity contribution >= 4 is 11.7 Å². The van der Waals surface area contributed by atoms with Crippen molar-refractivity contribution in [2.24, 2.45) is 5.92 Å². The number of carbonyl (C=O) groups is 1. The third-order valence-corrected chi connectivity index (χ3v) is 5.93. The molecule has 1 aliphatic rings. The molecule has 9 heteroatoms. The standard InChI is InChI=1S/C24H30N6O3/c1-16-11-22(28-24(26-16)30-10-8-25-15-30)29-9-7-18(14-29)12-23(31)27-17(2)19-5-6-20(32-3)21(13-19)33-4/h5-6,8,10-11,13,15,17-18H,7,9,12,14H2,1-4H3,(H,27,31). The van der Waals surface area contributed by atoms with Crippen LogP contribution in [-0.4, -0.2) is 52.7 Å². The molecule has 1 fully saturated rings. The van der Waals surface area contributed by atoms with E-state index in [-0.39, 0.29) is 17.9 Å². The van der Waals surface area contributed by atoms with E-state index >= 15 is 0 Å². The van der Waals surface area contributed by atoms with E-state index in [0.29, 0.717) is 23.9 Å². The number of nitrogens with one attached hydrogen (secondary N) is 1. The summed E-state index contributed by atoms with van der Waals surface area (Å²) < 4.78 is 12.5. The smallest absolute Gasteiger partial charge is 0.237 e.